The van der Waals surface area contributed by atoms with Gasteiger partial charge in [0.1, 0.15) is 23.0 Å². The van der Waals surface area contributed by atoms with Gasteiger partial charge in [0.2, 0.25) is 0 Å². The molecular weight excluding hydrogens is 354 g/mol. The molecule has 0 saturated carbocycles. The number of aromatic amines is 1. The third kappa shape index (κ3) is 3.64. The lowest BCUT2D eigenvalue weighted by Crippen LogP contribution is -2.06. The van der Waals surface area contributed by atoms with E-state index in [1.165, 1.54) is 0 Å². The normalized spacial score (nSPS) is 10.9. The highest BCUT2D eigenvalue weighted by atomic mass is 16.5. The molecule has 7 heteroatoms. The number of fused-ring (bicyclic) bond motifs is 1. The van der Waals surface area contributed by atoms with Crippen LogP contribution in [0.25, 0.3) is 16.7 Å². The number of rotatable bonds is 8. The maximum atomic E-state index is 5.75. The third-order valence-electron chi connectivity index (χ3n) is 4.34. The van der Waals surface area contributed by atoms with Crippen molar-refractivity contribution in [2.75, 3.05) is 18.5 Å². The van der Waals surface area contributed by atoms with Crippen LogP contribution in [0.3, 0.4) is 0 Å². The van der Waals surface area contributed by atoms with Crippen LogP contribution in [0.2, 0.25) is 0 Å². The van der Waals surface area contributed by atoms with E-state index in [1.807, 2.05) is 54.9 Å². The van der Waals surface area contributed by atoms with Crippen molar-refractivity contribution in [1.82, 2.24) is 19.5 Å². The number of hydrogen-bond acceptors (Lipinski definition) is 5. The Balaban J connectivity index is 1.57. The Bertz CT molecular complexity index is 1030. The highest BCUT2D eigenvalue weighted by Gasteiger charge is 2.12. The molecule has 2 N–H and O–H groups in total. The van der Waals surface area contributed by atoms with Crippen LogP contribution in [0.5, 0.6) is 11.5 Å². The maximum Gasteiger partial charge on any atom is 0.146 e. The summed E-state index contributed by atoms with van der Waals surface area (Å²) in [6.07, 6.45) is 5.46. The Morgan fingerprint density at radius 3 is 2.54 bits per heavy atom. The zero-order valence-corrected chi connectivity index (χ0v) is 16.0. The van der Waals surface area contributed by atoms with Crippen LogP contribution in [-0.4, -0.2) is 32.7 Å². The van der Waals surface area contributed by atoms with Gasteiger partial charge in [-0.1, -0.05) is 6.07 Å². The Labute approximate surface area is 163 Å². The lowest BCUT2D eigenvalue weighted by molar-refractivity contribution is 0.326. The van der Waals surface area contributed by atoms with Gasteiger partial charge in [-0.05, 0) is 44.2 Å². The van der Waals surface area contributed by atoms with Gasteiger partial charge in [0.05, 0.1) is 37.1 Å². The van der Waals surface area contributed by atoms with Crippen LogP contribution in [0.4, 0.5) is 5.69 Å². The first-order chi connectivity index (χ1) is 13.8. The van der Waals surface area contributed by atoms with Crippen LogP contribution < -0.4 is 14.8 Å². The summed E-state index contributed by atoms with van der Waals surface area (Å²) in [5, 5.41) is 3.41. The monoisotopic (exact) mass is 377 g/mol. The molecule has 0 fully saturated rings. The number of nitrogens with one attached hydrogen (secondary N) is 2. The SMILES string of the molecule is CCOc1cccc(OCC)c1NCc1nc2ccc(-n3ccnc3)cc2[nH]1. The van der Waals surface area contributed by atoms with E-state index in [0.717, 1.165) is 39.7 Å². The van der Waals surface area contributed by atoms with E-state index in [0.29, 0.717) is 19.8 Å². The molecule has 144 valence electrons. The summed E-state index contributed by atoms with van der Waals surface area (Å²) in [5.41, 5.74) is 3.77. The summed E-state index contributed by atoms with van der Waals surface area (Å²) in [7, 11) is 0. The molecule has 0 atom stereocenters. The van der Waals surface area contributed by atoms with E-state index in [9.17, 15) is 0 Å². The van der Waals surface area contributed by atoms with E-state index in [2.05, 4.69) is 26.3 Å². The van der Waals surface area contributed by atoms with Gasteiger partial charge in [-0.25, -0.2) is 9.97 Å². The zero-order chi connectivity index (χ0) is 19.3. The fourth-order valence-electron chi connectivity index (χ4n) is 3.12. The maximum absolute atomic E-state index is 5.75. The molecule has 0 bridgehead atoms. The molecule has 7 nitrogen and oxygen atoms in total. The number of H-pyrrole nitrogens is 1. The molecule has 4 rings (SSSR count). The minimum absolute atomic E-state index is 0.527. The average Bonchev–Trinajstić information content (AvgIpc) is 3.37. The van der Waals surface area contributed by atoms with Crippen LogP contribution in [0.1, 0.15) is 19.7 Å². The molecule has 2 aromatic carbocycles. The molecule has 0 aliphatic heterocycles. The van der Waals surface area contributed by atoms with Crippen molar-refractivity contribution in [3.63, 3.8) is 0 Å². The number of nitrogens with zero attached hydrogens (tertiary/aromatic N) is 3. The minimum atomic E-state index is 0.527. The Morgan fingerprint density at radius 1 is 1.07 bits per heavy atom. The van der Waals surface area contributed by atoms with Crippen molar-refractivity contribution < 1.29 is 9.47 Å². The molecule has 28 heavy (non-hydrogen) atoms. The molecule has 2 aromatic heterocycles. The summed E-state index contributed by atoms with van der Waals surface area (Å²) in [6.45, 7) is 5.64. The van der Waals surface area contributed by atoms with Crippen LogP contribution in [0, 0.1) is 0 Å². The molecule has 0 saturated heterocycles. The standard InChI is InChI=1S/C21H23N5O2/c1-3-27-18-6-5-7-19(28-4-2)21(18)23-13-20-24-16-9-8-15(12-17(16)25-20)26-11-10-22-14-26/h5-12,14,23H,3-4,13H2,1-2H3,(H,24,25). The van der Waals surface area contributed by atoms with Crippen LogP contribution in [-0.2, 0) is 6.54 Å². The Kier molecular flexibility index (Phi) is 5.14. The molecule has 0 spiro atoms. The van der Waals surface area contributed by atoms with Crippen molar-refractivity contribution >= 4 is 16.7 Å². The summed E-state index contributed by atoms with van der Waals surface area (Å²) in [4.78, 5) is 12.2. The van der Waals surface area contributed by atoms with Crippen LogP contribution >= 0.6 is 0 Å². The Morgan fingerprint density at radius 2 is 1.86 bits per heavy atom. The third-order valence-corrected chi connectivity index (χ3v) is 4.34. The van der Waals surface area contributed by atoms with Crippen LogP contribution in [0.15, 0.2) is 55.1 Å². The zero-order valence-electron chi connectivity index (χ0n) is 16.0. The molecular formula is C21H23N5O2. The number of ether oxygens (including phenoxy) is 2. The summed E-state index contributed by atoms with van der Waals surface area (Å²) in [6, 6.07) is 11.9. The fraction of sp³-hybridized carbons (Fsp3) is 0.238. The first-order valence-electron chi connectivity index (χ1n) is 9.38. The quantitative estimate of drug-likeness (QED) is 0.482. The predicted molar refractivity (Wildman–Crippen MR) is 109 cm³/mol. The topological polar surface area (TPSA) is 77.0 Å². The summed E-state index contributed by atoms with van der Waals surface area (Å²) >= 11 is 0. The van der Waals surface area contributed by atoms with Gasteiger partial charge in [0.25, 0.3) is 0 Å². The Hall–Kier alpha value is -3.48. The van der Waals surface area contributed by atoms with Gasteiger partial charge in [0.15, 0.2) is 0 Å². The van der Waals surface area contributed by atoms with Gasteiger partial charge in [0, 0.05) is 18.1 Å². The smallest absolute Gasteiger partial charge is 0.146 e. The van der Waals surface area contributed by atoms with Crippen molar-refractivity contribution in [3.8, 4) is 17.2 Å². The van der Waals surface area contributed by atoms with Crippen molar-refractivity contribution in [1.29, 1.82) is 0 Å². The largest absolute Gasteiger partial charge is 0.492 e. The summed E-state index contributed by atoms with van der Waals surface area (Å²) < 4.78 is 13.5. The average molecular weight is 377 g/mol. The lowest BCUT2D eigenvalue weighted by Gasteiger charge is -2.16. The van der Waals surface area contributed by atoms with E-state index >= 15 is 0 Å². The van der Waals surface area contributed by atoms with Crippen molar-refractivity contribution in [2.24, 2.45) is 0 Å². The number of benzene rings is 2. The summed E-state index contributed by atoms with van der Waals surface area (Å²) in [5.74, 6) is 2.38. The van der Waals surface area contributed by atoms with E-state index < -0.39 is 0 Å². The van der Waals surface area contributed by atoms with Gasteiger partial charge in [-0.2, -0.15) is 0 Å². The van der Waals surface area contributed by atoms with Crippen molar-refractivity contribution in [2.45, 2.75) is 20.4 Å². The first kappa shape index (κ1) is 17.9. The highest BCUT2D eigenvalue weighted by Crippen LogP contribution is 2.35. The second kappa shape index (κ2) is 8.04. The lowest BCUT2D eigenvalue weighted by atomic mass is 10.2. The second-order valence-electron chi connectivity index (χ2n) is 6.20. The van der Waals surface area contributed by atoms with Crippen molar-refractivity contribution in [3.05, 3.63) is 60.9 Å². The first-order valence-corrected chi connectivity index (χ1v) is 9.38. The van der Waals surface area contributed by atoms with Gasteiger partial charge >= 0.3 is 0 Å². The fourth-order valence-corrected chi connectivity index (χ4v) is 3.12. The molecule has 4 aromatic rings. The number of anilines is 1. The molecule has 0 unspecified atom stereocenters. The van der Waals surface area contributed by atoms with E-state index in [4.69, 9.17) is 9.47 Å². The number of hydrogen-bond donors (Lipinski definition) is 2. The molecule has 0 amide bonds. The number of aromatic nitrogens is 4. The molecule has 0 radical (unpaired) electrons. The van der Waals surface area contributed by atoms with Gasteiger partial charge < -0.3 is 24.3 Å². The predicted octanol–water partition coefficient (Wildman–Crippen LogP) is 4.16. The number of para-hydroxylation sites is 1. The second-order valence-corrected chi connectivity index (χ2v) is 6.20. The minimum Gasteiger partial charge on any atom is -0.492 e. The van der Waals surface area contributed by atoms with Gasteiger partial charge in [-0.3, -0.25) is 0 Å². The number of imidazole rings is 2. The molecule has 0 aliphatic rings. The molecule has 0 aliphatic carbocycles. The van der Waals surface area contributed by atoms with E-state index in [1.54, 1.807) is 12.5 Å². The van der Waals surface area contributed by atoms with Gasteiger partial charge in [-0.15, -0.1) is 0 Å². The highest BCUT2D eigenvalue weighted by molar-refractivity contribution is 5.77. The molecule has 2 heterocycles. The van der Waals surface area contributed by atoms with E-state index in [-0.39, 0.29) is 0 Å².